The van der Waals surface area contributed by atoms with Gasteiger partial charge < -0.3 is 15.2 Å². The van der Waals surface area contributed by atoms with Crippen molar-refractivity contribution in [3.8, 4) is 11.1 Å². The highest BCUT2D eigenvalue weighted by atomic mass is 32.1. The number of anilines is 1. The van der Waals surface area contributed by atoms with Crippen LogP contribution in [0.5, 0.6) is 0 Å². The Morgan fingerprint density at radius 3 is 2.83 bits per heavy atom. The number of rotatable bonds is 9. The van der Waals surface area contributed by atoms with Gasteiger partial charge in [-0.15, -0.1) is 11.3 Å². The van der Waals surface area contributed by atoms with Gasteiger partial charge in [-0.05, 0) is 24.1 Å². The summed E-state index contributed by atoms with van der Waals surface area (Å²) in [7, 11) is 0. The van der Waals surface area contributed by atoms with Crippen molar-refractivity contribution in [2.24, 2.45) is 0 Å². The molecule has 0 aliphatic carbocycles. The van der Waals surface area contributed by atoms with Gasteiger partial charge in [0.2, 0.25) is 5.91 Å². The third kappa shape index (κ3) is 4.80. The molecule has 3 aromatic heterocycles. The highest BCUT2D eigenvalue weighted by molar-refractivity contribution is 7.17. The molecule has 1 amide bonds. The van der Waals surface area contributed by atoms with Gasteiger partial charge in [0, 0.05) is 49.4 Å². The van der Waals surface area contributed by atoms with Gasteiger partial charge in [0.15, 0.2) is 0 Å². The Bertz CT molecular complexity index is 1110. The van der Waals surface area contributed by atoms with Gasteiger partial charge in [0.1, 0.15) is 22.8 Å². The third-order valence-corrected chi connectivity index (χ3v) is 5.53. The first-order valence-electron chi connectivity index (χ1n) is 9.65. The number of hydrogen-bond donors (Lipinski definition) is 2. The first kappa shape index (κ1) is 20.0. The Morgan fingerprint density at radius 2 is 2.03 bits per heavy atom. The number of aryl methyl sites for hydroxylation is 1. The van der Waals surface area contributed by atoms with Crippen LogP contribution in [0, 0.1) is 5.82 Å². The predicted octanol–water partition coefficient (Wildman–Crippen LogP) is 3.70. The van der Waals surface area contributed by atoms with E-state index < -0.39 is 0 Å². The number of fused-ring (bicyclic) bond motifs is 1. The molecule has 0 fully saturated rings. The van der Waals surface area contributed by atoms with Gasteiger partial charge in [-0.25, -0.2) is 19.3 Å². The van der Waals surface area contributed by atoms with Crippen LogP contribution in [0.1, 0.15) is 12.8 Å². The van der Waals surface area contributed by atoms with E-state index in [1.165, 1.54) is 29.8 Å². The van der Waals surface area contributed by atoms with E-state index in [0.29, 0.717) is 25.3 Å². The average molecular weight is 425 g/mol. The minimum Gasteiger partial charge on any atom is -0.369 e. The number of nitrogens with one attached hydrogen (secondary N) is 2. The second-order valence-electron chi connectivity index (χ2n) is 6.74. The lowest BCUT2D eigenvalue weighted by Gasteiger charge is -2.09. The van der Waals surface area contributed by atoms with Crippen molar-refractivity contribution in [1.82, 2.24) is 24.8 Å². The van der Waals surface area contributed by atoms with E-state index in [9.17, 15) is 9.18 Å². The summed E-state index contributed by atoms with van der Waals surface area (Å²) < 4.78 is 15.2. The normalized spacial score (nSPS) is 11.0. The van der Waals surface area contributed by atoms with Gasteiger partial charge in [-0.3, -0.25) is 4.79 Å². The molecule has 9 heteroatoms. The Balaban J connectivity index is 1.33. The zero-order chi connectivity index (χ0) is 20.8. The van der Waals surface area contributed by atoms with E-state index in [1.807, 2.05) is 16.1 Å². The van der Waals surface area contributed by atoms with Crippen LogP contribution in [0.15, 0.2) is 54.7 Å². The first-order chi connectivity index (χ1) is 14.7. The summed E-state index contributed by atoms with van der Waals surface area (Å²) in [6.07, 6.45) is 8.09. The Hall–Kier alpha value is -3.33. The Morgan fingerprint density at radius 1 is 1.17 bits per heavy atom. The molecule has 154 valence electrons. The zero-order valence-corrected chi connectivity index (χ0v) is 17.0. The van der Waals surface area contributed by atoms with Crippen molar-refractivity contribution in [2.75, 3.05) is 18.4 Å². The van der Waals surface area contributed by atoms with Crippen molar-refractivity contribution in [2.45, 2.75) is 19.4 Å². The third-order valence-electron chi connectivity index (χ3n) is 4.64. The summed E-state index contributed by atoms with van der Waals surface area (Å²) in [5.74, 6) is 0.389. The van der Waals surface area contributed by atoms with Crippen molar-refractivity contribution in [1.29, 1.82) is 0 Å². The van der Waals surface area contributed by atoms with Crippen LogP contribution in [0.25, 0.3) is 21.3 Å². The van der Waals surface area contributed by atoms with Gasteiger partial charge in [0.05, 0.1) is 11.7 Å². The maximum atomic E-state index is 13.3. The van der Waals surface area contributed by atoms with Crippen molar-refractivity contribution < 1.29 is 9.18 Å². The average Bonchev–Trinajstić information content (AvgIpc) is 3.42. The van der Waals surface area contributed by atoms with Crippen LogP contribution < -0.4 is 10.6 Å². The highest BCUT2D eigenvalue weighted by Crippen LogP contribution is 2.36. The summed E-state index contributed by atoms with van der Waals surface area (Å²) in [5.41, 5.74) is 1.85. The van der Waals surface area contributed by atoms with Crippen LogP contribution >= 0.6 is 11.3 Å². The van der Waals surface area contributed by atoms with Crippen LogP contribution in [0.3, 0.4) is 0 Å². The molecule has 7 nitrogen and oxygen atoms in total. The first-order valence-corrected chi connectivity index (χ1v) is 10.5. The largest absolute Gasteiger partial charge is 0.369 e. The van der Waals surface area contributed by atoms with Gasteiger partial charge >= 0.3 is 0 Å². The maximum absolute atomic E-state index is 13.3. The number of carbonyl (C=O) groups excluding carboxylic acids is 1. The van der Waals surface area contributed by atoms with Gasteiger partial charge in [-0.1, -0.05) is 12.1 Å². The molecule has 4 rings (SSSR count). The van der Waals surface area contributed by atoms with E-state index in [4.69, 9.17) is 0 Å². The summed E-state index contributed by atoms with van der Waals surface area (Å²) >= 11 is 1.51. The molecule has 0 aliphatic rings. The summed E-state index contributed by atoms with van der Waals surface area (Å²) in [6.45, 7) is 1.90. The number of carbonyl (C=O) groups is 1. The van der Waals surface area contributed by atoms with Crippen LogP contribution in [0.2, 0.25) is 0 Å². The summed E-state index contributed by atoms with van der Waals surface area (Å²) in [4.78, 5) is 25.6. The minimum atomic E-state index is -0.274. The molecule has 2 N–H and O–H groups in total. The lowest BCUT2D eigenvalue weighted by atomic mass is 10.1. The molecule has 0 radical (unpaired) electrons. The topological polar surface area (TPSA) is 84.7 Å². The van der Waals surface area contributed by atoms with E-state index in [1.54, 1.807) is 24.7 Å². The molecule has 0 bridgehead atoms. The summed E-state index contributed by atoms with van der Waals surface area (Å²) in [5, 5.41) is 9.05. The molecule has 0 atom stereocenters. The predicted molar refractivity (Wildman–Crippen MR) is 116 cm³/mol. The van der Waals surface area contributed by atoms with Gasteiger partial charge in [0.25, 0.3) is 0 Å². The van der Waals surface area contributed by atoms with E-state index >= 15 is 0 Å². The molecule has 4 aromatic rings. The minimum absolute atomic E-state index is 0.0116. The molecule has 0 saturated carbocycles. The standard InChI is InChI=1S/C21H21FN6OS/c22-16-4-2-15(3-5-16)17-12-30-21-19(17)20(26-13-27-21)25-8-6-18(29)24-7-1-10-28-11-9-23-14-28/h2-5,9,11-14H,1,6-8,10H2,(H,24,29)(H,25,26,27). The molecule has 0 saturated heterocycles. The number of hydrogen-bond acceptors (Lipinski definition) is 6. The Labute approximate surface area is 177 Å². The molecule has 1 aromatic carbocycles. The van der Waals surface area contributed by atoms with Crippen molar-refractivity contribution in [3.63, 3.8) is 0 Å². The number of aromatic nitrogens is 4. The number of benzene rings is 1. The SMILES string of the molecule is O=C(CCNc1ncnc2scc(-c3ccc(F)cc3)c12)NCCCn1ccnc1. The molecular weight excluding hydrogens is 403 g/mol. The van der Waals surface area contributed by atoms with E-state index in [-0.39, 0.29) is 11.7 Å². The number of nitrogens with zero attached hydrogens (tertiary/aromatic N) is 4. The molecule has 0 unspecified atom stereocenters. The number of halogens is 1. The van der Waals surface area contributed by atoms with Crippen LogP contribution in [0.4, 0.5) is 10.2 Å². The van der Waals surface area contributed by atoms with Crippen LogP contribution in [-0.4, -0.2) is 38.5 Å². The molecule has 30 heavy (non-hydrogen) atoms. The number of amides is 1. The molecule has 3 heterocycles. The monoisotopic (exact) mass is 424 g/mol. The Kier molecular flexibility index (Phi) is 6.29. The highest BCUT2D eigenvalue weighted by Gasteiger charge is 2.13. The van der Waals surface area contributed by atoms with Crippen LogP contribution in [-0.2, 0) is 11.3 Å². The number of thiophene rings is 1. The quantitative estimate of drug-likeness (QED) is 0.400. The van der Waals surface area contributed by atoms with Crippen molar-refractivity contribution >= 4 is 33.3 Å². The zero-order valence-electron chi connectivity index (χ0n) is 16.2. The van der Waals surface area contributed by atoms with E-state index in [0.717, 1.165) is 34.3 Å². The number of imidazole rings is 1. The lowest BCUT2D eigenvalue weighted by Crippen LogP contribution is -2.27. The second-order valence-corrected chi connectivity index (χ2v) is 7.60. The van der Waals surface area contributed by atoms with E-state index in [2.05, 4.69) is 25.6 Å². The van der Waals surface area contributed by atoms with Crippen molar-refractivity contribution in [3.05, 3.63) is 60.5 Å². The fraction of sp³-hybridized carbons (Fsp3) is 0.238. The molecule has 0 aliphatic heterocycles. The second kappa shape index (κ2) is 9.45. The molecule has 0 spiro atoms. The lowest BCUT2D eigenvalue weighted by molar-refractivity contribution is -0.120. The summed E-state index contributed by atoms with van der Waals surface area (Å²) in [6, 6.07) is 6.36. The smallest absolute Gasteiger partial charge is 0.221 e. The fourth-order valence-electron chi connectivity index (χ4n) is 3.14. The van der Waals surface area contributed by atoms with Gasteiger partial charge in [-0.2, -0.15) is 0 Å². The fourth-order valence-corrected chi connectivity index (χ4v) is 4.06. The molecular formula is C21H21FN6OS. The maximum Gasteiger partial charge on any atom is 0.221 e.